The first-order valence-corrected chi connectivity index (χ1v) is 11.7. The lowest BCUT2D eigenvalue weighted by atomic mass is 10.1. The van der Waals surface area contributed by atoms with Crippen LogP contribution in [0.1, 0.15) is 23.6 Å². The second-order valence-electron chi connectivity index (χ2n) is 8.92. The van der Waals surface area contributed by atoms with Crippen molar-refractivity contribution in [2.45, 2.75) is 26.3 Å². The molecule has 3 aromatic carbocycles. The molecule has 0 spiro atoms. The molecule has 1 amide bonds. The highest BCUT2D eigenvalue weighted by Gasteiger charge is 2.31. The molecular formula is C28H29N3O3. The van der Waals surface area contributed by atoms with Gasteiger partial charge in [-0.05, 0) is 55.8 Å². The SMILES string of the molecule is COc1cccc(CC(=O)N2CCN(C3=Nc4ccccc4Oc4ccc(C)cc43)C[C@H]2C)c1. The number of aliphatic imine (C=N–C) groups is 1. The maximum absolute atomic E-state index is 13.1. The maximum Gasteiger partial charge on any atom is 0.227 e. The number of piperazine rings is 1. The van der Waals surface area contributed by atoms with Crippen molar-refractivity contribution in [1.29, 1.82) is 0 Å². The van der Waals surface area contributed by atoms with Gasteiger partial charge < -0.3 is 19.3 Å². The summed E-state index contributed by atoms with van der Waals surface area (Å²) in [5.74, 6) is 3.36. The van der Waals surface area contributed by atoms with Gasteiger partial charge >= 0.3 is 0 Å². The molecule has 6 heteroatoms. The average molecular weight is 456 g/mol. The zero-order valence-electron chi connectivity index (χ0n) is 19.8. The van der Waals surface area contributed by atoms with E-state index in [-0.39, 0.29) is 11.9 Å². The van der Waals surface area contributed by atoms with Gasteiger partial charge in [0.2, 0.25) is 5.91 Å². The van der Waals surface area contributed by atoms with Crippen LogP contribution in [0.25, 0.3) is 0 Å². The first-order chi connectivity index (χ1) is 16.5. The smallest absolute Gasteiger partial charge is 0.227 e. The normalized spacial score (nSPS) is 17.1. The Kier molecular flexibility index (Phi) is 5.97. The molecule has 3 aromatic rings. The summed E-state index contributed by atoms with van der Waals surface area (Å²) >= 11 is 0. The van der Waals surface area contributed by atoms with Gasteiger partial charge in [-0.1, -0.05) is 35.9 Å². The van der Waals surface area contributed by atoms with Crippen molar-refractivity contribution in [3.8, 4) is 17.2 Å². The van der Waals surface area contributed by atoms with Gasteiger partial charge in [0.15, 0.2) is 5.75 Å². The Labute approximate surface area is 200 Å². The van der Waals surface area contributed by atoms with Crippen LogP contribution in [0.3, 0.4) is 0 Å². The molecule has 0 bridgehead atoms. The second-order valence-corrected chi connectivity index (χ2v) is 8.92. The minimum Gasteiger partial charge on any atom is -0.497 e. The number of nitrogens with zero attached hydrogens (tertiary/aromatic N) is 3. The standard InChI is InChI=1S/C28H29N3O3/c1-19-11-12-25-23(15-19)28(29-24-9-4-5-10-26(24)34-25)30-13-14-31(20(2)18-30)27(32)17-21-7-6-8-22(16-21)33-3/h4-12,15-16,20H,13-14,17-18H2,1-3H3/t20-/m1/s1. The van der Waals surface area contributed by atoms with Crippen LogP contribution in [-0.4, -0.2) is 54.3 Å². The van der Waals surface area contributed by atoms with E-state index >= 15 is 0 Å². The van der Waals surface area contributed by atoms with Crippen LogP contribution >= 0.6 is 0 Å². The number of carbonyl (C=O) groups excluding carboxylic acids is 1. The summed E-state index contributed by atoms with van der Waals surface area (Å²) < 4.78 is 11.5. The van der Waals surface area contributed by atoms with E-state index in [2.05, 4.69) is 30.9 Å². The van der Waals surface area contributed by atoms with Gasteiger partial charge in [0.25, 0.3) is 0 Å². The van der Waals surface area contributed by atoms with E-state index in [1.807, 2.05) is 59.5 Å². The Morgan fingerprint density at radius 3 is 2.74 bits per heavy atom. The average Bonchev–Trinajstić information content (AvgIpc) is 3.00. The molecule has 34 heavy (non-hydrogen) atoms. The van der Waals surface area contributed by atoms with E-state index in [4.69, 9.17) is 14.5 Å². The van der Waals surface area contributed by atoms with E-state index in [0.29, 0.717) is 26.1 Å². The van der Waals surface area contributed by atoms with Crippen LogP contribution in [0.4, 0.5) is 5.69 Å². The van der Waals surface area contributed by atoms with Crippen molar-refractivity contribution < 1.29 is 14.3 Å². The lowest BCUT2D eigenvalue weighted by Crippen LogP contribution is -2.55. The van der Waals surface area contributed by atoms with Crippen molar-refractivity contribution in [3.63, 3.8) is 0 Å². The van der Waals surface area contributed by atoms with Crippen LogP contribution in [0.5, 0.6) is 17.2 Å². The van der Waals surface area contributed by atoms with Crippen LogP contribution < -0.4 is 9.47 Å². The van der Waals surface area contributed by atoms with Crippen molar-refractivity contribution in [1.82, 2.24) is 9.80 Å². The number of amides is 1. The largest absolute Gasteiger partial charge is 0.497 e. The number of hydrogen-bond acceptors (Lipinski definition) is 5. The molecule has 1 atom stereocenters. The first-order valence-electron chi connectivity index (χ1n) is 11.7. The summed E-state index contributed by atoms with van der Waals surface area (Å²) in [6, 6.07) is 21.8. The Balaban J connectivity index is 1.38. The van der Waals surface area contributed by atoms with Gasteiger partial charge in [-0.15, -0.1) is 0 Å². The summed E-state index contributed by atoms with van der Waals surface area (Å²) in [4.78, 5) is 22.4. The molecule has 0 unspecified atom stereocenters. The number of fused-ring (bicyclic) bond motifs is 2. The van der Waals surface area contributed by atoms with Gasteiger partial charge in [-0.3, -0.25) is 4.79 Å². The molecule has 0 N–H and O–H groups in total. The fourth-order valence-electron chi connectivity index (χ4n) is 4.66. The van der Waals surface area contributed by atoms with Gasteiger partial charge in [0.05, 0.1) is 19.1 Å². The number of hydrogen-bond donors (Lipinski definition) is 0. The predicted octanol–water partition coefficient (Wildman–Crippen LogP) is 4.96. The molecular weight excluding hydrogens is 426 g/mol. The number of aryl methyl sites for hydroxylation is 1. The summed E-state index contributed by atoms with van der Waals surface area (Å²) in [6.07, 6.45) is 0.367. The van der Waals surface area contributed by atoms with Crippen molar-refractivity contribution in [3.05, 3.63) is 83.4 Å². The summed E-state index contributed by atoms with van der Waals surface area (Å²) in [7, 11) is 1.64. The quantitative estimate of drug-likeness (QED) is 0.560. The zero-order chi connectivity index (χ0) is 23.7. The highest BCUT2D eigenvalue weighted by atomic mass is 16.5. The van der Waals surface area contributed by atoms with E-state index in [1.165, 1.54) is 0 Å². The van der Waals surface area contributed by atoms with Crippen molar-refractivity contribution >= 4 is 17.4 Å². The number of amidine groups is 1. The predicted molar refractivity (Wildman–Crippen MR) is 133 cm³/mol. The molecule has 0 aliphatic carbocycles. The number of rotatable bonds is 3. The Hall–Kier alpha value is -3.80. The zero-order valence-corrected chi connectivity index (χ0v) is 19.8. The second kappa shape index (κ2) is 9.21. The van der Waals surface area contributed by atoms with Crippen LogP contribution in [0.15, 0.2) is 71.7 Å². The minimum atomic E-state index is 0.0576. The summed E-state index contributed by atoms with van der Waals surface area (Å²) in [5, 5.41) is 0. The number of ether oxygens (including phenoxy) is 2. The van der Waals surface area contributed by atoms with Gasteiger partial charge in [-0.2, -0.15) is 0 Å². The molecule has 2 aliphatic heterocycles. The van der Waals surface area contributed by atoms with E-state index < -0.39 is 0 Å². The lowest BCUT2D eigenvalue weighted by Gasteiger charge is -2.41. The topological polar surface area (TPSA) is 54.4 Å². The van der Waals surface area contributed by atoms with Crippen molar-refractivity contribution in [2.24, 2.45) is 4.99 Å². The molecule has 0 saturated carbocycles. The minimum absolute atomic E-state index is 0.0576. The van der Waals surface area contributed by atoms with Crippen LogP contribution in [0.2, 0.25) is 0 Å². The molecule has 0 aromatic heterocycles. The molecule has 174 valence electrons. The Morgan fingerprint density at radius 2 is 1.91 bits per heavy atom. The molecule has 1 saturated heterocycles. The fraction of sp³-hybridized carbons (Fsp3) is 0.286. The summed E-state index contributed by atoms with van der Waals surface area (Å²) in [5.41, 5.74) is 3.92. The number of para-hydroxylation sites is 2. The number of methoxy groups -OCH3 is 1. The Morgan fingerprint density at radius 1 is 1.06 bits per heavy atom. The number of carbonyl (C=O) groups is 1. The molecule has 2 heterocycles. The molecule has 2 aliphatic rings. The fourth-order valence-corrected chi connectivity index (χ4v) is 4.66. The van der Waals surface area contributed by atoms with E-state index in [9.17, 15) is 4.79 Å². The van der Waals surface area contributed by atoms with Gasteiger partial charge in [0, 0.05) is 25.7 Å². The third-order valence-corrected chi connectivity index (χ3v) is 6.42. The highest BCUT2D eigenvalue weighted by molar-refractivity contribution is 6.04. The van der Waals surface area contributed by atoms with Crippen molar-refractivity contribution in [2.75, 3.05) is 26.7 Å². The monoisotopic (exact) mass is 455 g/mol. The Bertz CT molecular complexity index is 1250. The molecule has 0 radical (unpaired) electrons. The number of benzene rings is 3. The third kappa shape index (κ3) is 4.36. The van der Waals surface area contributed by atoms with Gasteiger partial charge in [-0.25, -0.2) is 4.99 Å². The van der Waals surface area contributed by atoms with E-state index in [0.717, 1.165) is 45.5 Å². The van der Waals surface area contributed by atoms with Gasteiger partial charge in [0.1, 0.15) is 23.0 Å². The highest BCUT2D eigenvalue weighted by Crippen LogP contribution is 2.38. The maximum atomic E-state index is 13.1. The molecule has 6 nitrogen and oxygen atoms in total. The molecule has 5 rings (SSSR count). The first kappa shape index (κ1) is 22.0. The van der Waals surface area contributed by atoms with Crippen LogP contribution in [-0.2, 0) is 11.2 Å². The van der Waals surface area contributed by atoms with Crippen LogP contribution in [0, 0.1) is 6.92 Å². The summed E-state index contributed by atoms with van der Waals surface area (Å²) in [6.45, 7) is 6.25. The third-order valence-electron chi connectivity index (χ3n) is 6.42. The molecule has 1 fully saturated rings. The van der Waals surface area contributed by atoms with E-state index in [1.54, 1.807) is 7.11 Å². The lowest BCUT2D eigenvalue weighted by molar-refractivity contribution is -0.134.